The Labute approximate surface area is 118 Å². The summed E-state index contributed by atoms with van der Waals surface area (Å²) in [6, 6.07) is 2.69. The highest BCUT2D eigenvalue weighted by Gasteiger charge is 2.26. The minimum Gasteiger partial charge on any atom is -0.381 e. The van der Waals surface area contributed by atoms with Crippen molar-refractivity contribution in [1.82, 2.24) is 15.2 Å². The molecule has 1 N–H and O–H groups in total. The van der Waals surface area contributed by atoms with E-state index >= 15 is 0 Å². The fourth-order valence-corrected chi connectivity index (χ4v) is 2.26. The van der Waals surface area contributed by atoms with Gasteiger partial charge in [-0.15, -0.1) is 0 Å². The van der Waals surface area contributed by atoms with E-state index in [0.29, 0.717) is 32.2 Å². The summed E-state index contributed by atoms with van der Waals surface area (Å²) in [5.74, 6) is -0.00395. The fraction of sp³-hybridized carbons (Fsp3) is 0.571. The molecule has 1 unspecified atom stereocenters. The Bertz CT molecular complexity index is 456. The molecule has 1 aromatic heterocycles. The molecule has 0 bridgehead atoms. The molecule has 1 aliphatic heterocycles. The number of amides is 2. The zero-order chi connectivity index (χ0) is 14.4. The third-order valence-electron chi connectivity index (χ3n) is 3.37. The summed E-state index contributed by atoms with van der Waals surface area (Å²) < 4.78 is 18.7. The maximum atomic E-state index is 13.4. The van der Waals surface area contributed by atoms with Crippen LogP contribution >= 0.6 is 0 Å². The first-order valence-electron chi connectivity index (χ1n) is 6.90. The largest absolute Gasteiger partial charge is 0.381 e. The number of nitrogens with zero attached hydrogens (tertiary/aromatic N) is 2. The van der Waals surface area contributed by atoms with Crippen LogP contribution in [-0.2, 0) is 11.3 Å². The van der Waals surface area contributed by atoms with Crippen LogP contribution in [0.25, 0.3) is 0 Å². The van der Waals surface area contributed by atoms with Crippen LogP contribution in [0.2, 0.25) is 0 Å². The standard InChI is InChI=1S/C14H20FN3O2/c1-2-20-10-11-5-7-18(9-11)14(19)17-8-13-12(15)4-3-6-16-13/h3-4,6,11H,2,5,7-10H2,1H3,(H,17,19). The lowest BCUT2D eigenvalue weighted by atomic mass is 10.1. The maximum Gasteiger partial charge on any atom is 0.317 e. The number of pyridine rings is 1. The van der Waals surface area contributed by atoms with Gasteiger partial charge in [-0.05, 0) is 25.5 Å². The fourth-order valence-electron chi connectivity index (χ4n) is 2.26. The number of urea groups is 1. The van der Waals surface area contributed by atoms with E-state index in [1.165, 1.54) is 18.3 Å². The van der Waals surface area contributed by atoms with E-state index in [2.05, 4.69) is 10.3 Å². The Morgan fingerprint density at radius 3 is 3.25 bits per heavy atom. The molecule has 0 saturated carbocycles. The van der Waals surface area contributed by atoms with E-state index in [1.54, 1.807) is 4.90 Å². The van der Waals surface area contributed by atoms with Crippen LogP contribution < -0.4 is 5.32 Å². The number of carbonyl (C=O) groups is 1. The van der Waals surface area contributed by atoms with Crippen molar-refractivity contribution in [3.05, 3.63) is 29.8 Å². The van der Waals surface area contributed by atoms with Gasteiger partial charge in [-0.25, -0.2) is 9.18 Å². The van der Waals surface area contributed by atoms with Crippen LogP contribution in [0.4, 0.5) is 9.18 Å². The molecular formula is C14H20FN3O2. The third-order valence-corrected chi connectivity index (χ3v) is 3.37. The first kappa shape index (κ1) is 14.7. The highest BCUT2D eigenvalue weighted by atomic mass is 19.1. The minimum absolute atomic E-state index is 0.109. The van der Waals surface area contributed by atoms with Gasteiger partial charge in [0.25, 0.3) is 0 Å². The van der Waals surface area contributed by atoms with Gasteiger partial charge in [-0.2, -0.15) is 0 Å². The monoisotopic (exact) mass is 281 g/mol. The average Bonchev–Trinajstić information content (AvgIpc) is 2.93. The molecule has 1 fully saturated rings. The summed E-state index contributed by atoms with van der Waals surface area (Å²) >= 11 is 0. The van der Waals surface area contributed by atoms with Crippen molar-refractivity contribution in [2.45, 2.75) is 19.9 Å². The number of carbonyl (C=O) groups excluding carboxylic acids is 1. The maximum absolute atomic E-state index is 13.4. The molecule has 0 radical (unpaired) electrons. The Morgan fingerprint density at radius 1 is 1.65 bits per heavy atom. The molecule has 5 nitrogen and oxygen atoms in total. The molecule has 1 aliphatic rings. The molecular weight excluding hydrogens is 261 g/mol. The number of likely N-dealkylation sites (tertiary alicyclic amines) is 1. The van der Waals surface area contributed by atoms with Crippen molar-refractivity contribution in [3.63, 3.8) is 0 Å². The van der Waals surface area contributed by atoms with Gasteiger partial charge in [0.1, 0.15) is 5.82 Å². The Kier molecular flexibility index (Phi) is 5.29. The highest BCUT2D eigenvalue weighted by Crippen LogP contribution is 2.16. The van der Waals surface area contributed by atoms with E-state index in [1.807, 2.05) is 6.92 Å². The van der Waals surface area contributed by atoms with Crippen molar-refractivity contribution in [2.75, 3.05) is 26.3 Å². The summed E-state index contributed by atoms with van der Waals surface area (Å²) in [6.45, 7) is 4.86. The molecule has 6 heteroatoms. The van der Waals surface area contributed by atoms with Crippen molar-refractivity contribution in [3.8, 4) is 0 Å². The lowest BCUT2D eigenvalue weighted by Crippen LogP contribution is -2.38. The lowest BCUT2D eigenvalue weighted by molar-refractivity contribution is 0.113. The summed E-state index contributed by atoms with van der Waals surface area (Å²) in [5, 5.41) is 2.70. The van der Waals surface area contributed by atoms with Crippen molar-refractivity contribution >= 4 is 6.03 Å². The van der Waals surface area contributed by atoms with Gasteiger partial charge in [0.05, 0.1) is 18.8 Å². The van der Waals surface area contributed by atoms with Crippen molar-refractivity contribution in [2.24, 2.45) is 5.92 Å². The Balaban J connectivity index is 1.77. The second kappa shape index (κ2) is 7.19. The number of rotatable bonds is 5. The molecule has 1 aromatic rings. The Hall–Kier alpha value is -1.69. The molecule has 1 atom stereocenters. The molecule has 2 amide bonds. The molecule has 0 aromatic carbocycles. The summed E-state index contributed by atoms with van der Waals surface area (Å²) in [5.41, 5.74) is 0.255. The van der Waals surface area contributed by atoms with Crippen LogP contribution in [-0.4, -0.2) is 42.2 Å². The first-order chi connectivity index (χ1) is 9.70. The van der Waals surface area contributed by atoms with E-state index in [9.17, 15) is 9.18 Å². The van der Waals surface area contributed by atoms with E-state index < -0.39 is 5.82 Å². The predicted molar refractivity (Wildman–Crippen MR) is 72.6 cm³/mol. The smallest absolute Gasteiger partial charge is 0.317 e. The van der Waals surface area contributed by atoms with Gasteiger partial charge in [0, 0.05) is 31.8 Å². The summed E-state index contributed by atoms with van der Waals surface area (Å²) in [7, 11) is 0. The normalized spacial score (nSPS) is 18.3. The zero-order valence-electron chi connectivity index (χ0n) is 11.6. The predicted octanol–water partition coefficient (Wildman–Crippen LogP) is 1.79. The van der Waals surface area contributed by atoms with Crippen LogP contribution in [0.5, 0.6) is 0 Å². The van der Waals surface area contributed by atoms with Gasteiger partial charge in [0.15, 0.2) is 0 Å². The number of nitrogens with one attached hydrogen (secondary N) is 1. The summed E-state index contributed by atoms with van der Waals surface area (Å²) in [4.78, 5) is 17.6. The number of hydrogen-bond acceptors (Lipinski definition) is 3. The number of aromatic nitrogens is 1. The highest BCUT2D eigenvalue weighted by molar-refractivity contribution is 5.74. The van der Waals surface area contributed by atoms with Crippen LogP contribution in [0.3, 0.4) is 0 Å². The summed E-state index contributed by atoms with van der Waals surface area (Å²) in [6.07, 6.45) is 2.46. The van der Waals surface area contributed by atoms with Gasteiger partial charge in [0.2, 0.25) is 0 Å². The van der Waals surface area contributed by atoms with Gasteiger partial charge >= 0.3 is 6.03 Å². The van der Waals surface area contributed by atoms with Crippen LogP contribution in [0.1, 0.15) is 19.0 Å². The molecule has 1 saturated heterocycles. The van der Waals surface area contributed by atoms with Crippen molar-refractivity contribution in [1.29, 1.82) is 0 Å². The SMILES string of the molecule is CCOCC1CCN(C(=O)NCc2ncccc2F)C1. The quantitative estimate of drug-likeness (QED) is 0.895. The molecule has 2 rings (SSSR count). The number of ether oxygens (including phenoxy) is 1. The number of halogens is 1. The topological polar surface area (TPSA) is 54.5 Å². The second-order valence-corrected chi connectivity index (χ2v) is 4.85. The second-order valence-electron chi connectivity index (χ2n) is 4.85. The zero-order valence-corrected chi connectivity index (χ0v) is 11.6. The average molecular weight is 281 g/mol. The molecule has 20 heavy (non-hydrogen) atoms. The van der Waals surface area contributed by atoms with Gasteiger partial charge in [-0.3, -0.25) is 4.98 Å². The van der Waals surface area contributed by atoms with Crippen molar-refractivity contribution < 1.29 is 13.9 Å². The van der Waals surface area contributed by atoms with Gasteiger partial charge < -0.3 is 15.0 Å². The van der Waals surface area contributed by atoms with Crippen LogP contribution in [0.15, 0.2) is 18.3 Å². The Morgan fingerprint density at radius 2 is 2.50 bits per heavy atom. The minimum atomic E-state index is -0.400. The van der Waals surface area contributed by atoms with E-state index in [-0.39, 0.29) is 18.3 Å². The lowest BCUT2D eigenvalue weighted by Gasteiger charge is -2.17. The molecule has 2 heterocycles. The van der Waals surface area contributed by atoms with E-state index in [0.717, 1.165) is 6.42 Å². The molecule has 0 aliphatic carbocycles. The first-order valence-corrected chi connectivity index (χ1v) is 6.90. The number of hydrogen-bond donors (Lipinski definition) is 1. The van der Waals surface area contributed by atoms with Crippen LogP contribution in [0, 0.1) is 11.7 Å². The third kappa shape index (κ3) is 3.90. The van der Waals surface area contributed by atoms with E-state index in [4.69, 9.17) is 4.74 Å². The molecule has 110 valence electrons. The molecule has 0 spiro atoms. The van der Waals surface area contributed by atoms with Gasteiger partial charge in [-0.1, -0.05) is 0 Å².